The molecule has 3 aromatic rings. The number of aromatic nitrogens is 4. The maximum absolute atomic E-state index is 13.9. The van der Waals surface area contributed by atoms with E-state index < -0.39 is 11.5 Å². The van der Waals surface area contributed by atoms with Crippen molar-refractivity contribution in [3.63, 3.8) is 0 Å². The van der Waals surface area contributed by atoms with Gasteiger partial charge in [0.25, 0.3) is 5.92 Å². The fourth-order valence-corrected chi connectivity index (χ4v) is 6.78. The quantitative estimate of drug-likeness (QED) is 0.494. The van der Waals surface area contributed by atoms with Crippen molar-refractivity contribution in [3.05, 3.63) is 58.3 Å². The zero-order chi connectivity index (χ0) is 25.7. The molecule has 0 unspecified atom stereocenters. The maximum Gasteiger partial charge on any atom is 0.251 e. The first-order valence-corrected chi connectivity index (χ1v) is 12.9. The van der Waals surface area contributed by atoms with Crippen molar-refractivity contribution < 1.29 is 13.2 Å². The zero-order valence-electron chi connectivity index (χ0n) is 20.7. The van der Waals surface area contributed by atoms with Crippen LogP contribution in [0.5, 0.6) is 0 Å². The van der Waals surface area contributed by atoms with Crippen LogP contribution in [-0.2, 0) is 13.1 Å². The Balaban J connectivity index is 1.14. The summed E-state index contributed by atoms with van der Waals surface area (Å²) in [5.74, 6) is -0.595. The minimum absolute atomic E-state index is 0.140. The molecule has 0 amide bonds. The normalized spacial score (nSPS) is 23.0. The average Bonchev–Trinajstić information content (AvgIpc) is 3.07. The maximum atomic E-state index is 13.9. The summed E-state index contributed by atoms with van der Waals surface area (Å²) in [7, 11) is 0. The van der Waals surface area contributed by atoms with E-state index in [1.807, 2.05) is 25.1 Å². The lowest BCUT2D eigenvalue weighted by atomic mass is 9.73. The van der Waals surface area contributed by atoms with Crippen molar-refractivity contribution >= 4 is 23.4 Å². The Labute approximate surface area is 217 Å². The summed E-state index contributed by atoms with van der Waals surface area (Å²) in [6.45, 7) is 7.99. The van der Waals surface area contributed by atoms with Crippen molar-refractivity contribution in [3.8, 4) is 5.69 Å². The smallest absolute Gasteiger partial charge is 0.251 e. The van der Waals surface area contributed by atoms with Gasteiger partial charge in [0.2, 0.25) is 5.95 Å². The van der Waals surface area contributed by atoms with Crippen molar-refractivity contribution in [1.29, 1.82) is 0 Å². The molecule has 0 N–H and O–H groups in total. The molecule has 1 spiro atoms. The molecule has 2 aromatic heterocycles. The molecule has 3 aliphatic heterocycles. The van der Waals surface area contributed by atoms with Gasteiger partial charge in [-0.05, 0) is 49.2 Å². The van der Waals surface area contributed by atoms with E-state index in [-0.39, 0.29) is 24.1 Å². The minimum Gasteiger partial charge on any atom is -0.355 e. The lowest BCUT2D eigenvalue weighted by molar-refractivity contribution is -0.173. The SMILES string of the molecule is Cc1cc(N2CC3(C2)CN(c2nnc4n2-c2ccc(Cl)cc2CN(C2(C)CC(F)(F)C2)C4)C3)ncc1F. The van der Waals surface area contributed by atoms with E-state index in [0.717, 1.165) is 55.0 Å². The lowest BCUT2D eigenvalue weighted by Crippen LogP contribution is -2.73. The second-order valence-corrected chi connectivity index (χ2v) is 12.0. The van der Waals surface area contributed by atoms with Crippen molar-refractivity contribution in [2.24, 2.45) is 5.41 Å². The number of rotatable bonds is 3. The minimum atomic E-state index is -2.62. The monoisotopic (exact) mass is 529 g/mol. The van der Waals surface area contributed by atoms with Gasteiger partial charge < -0.3 is 9.80 Å². The van der Waals surface area contributed by atoms with Crippen LogP contribution in [0.4, 0.5) is 24.9 Å². The Bertz CT molecular complexity index is 1400. The van der Waals surface area contributed by atoms with Crippen LogP contribution in [-0.4, -0.2) is 62.3 Å². The predicted octanol–water partition coefficient (Wildman–Crippen LogP) is 4.59. The number of nitrogens with zero attached hydrogens (tertiary/aromatic N) is 7. The number of alkyl halides is 2. The standard InChI is InChI=1S/C26H27ClF3N7/c1-16-5-21(31-7-19(16)28)34-12-25(13-34)14-35(15-25)23-33-32-22-9-36(24(2)10-26(29,30)11-24)8-17-6-18(27)3-4-20(17)37(22)23/h3-7H,8-15H2,1-2H3. The molecule has 11 heteroatoms. The van der Waals surface area contributed by atoms with Gasteiger partial charge in [0.15, 0.2) is 5.82 Å². The fraction of sp³-hybridized carbons (Fsp3) is 0.500. The van der Waals surface area contributed by atoms with E-state index in [1.54, 1.807) is 13.0 Å². The molecule has 0 bridgehead atoms. The summed E-state index contributed by atoms with van der Waals surface area (Å²) >= 11 is 6.35. The average molecular weight is 530 g/mol. The highest BCUT2D eigenvalue weighted by atomic mass is 35.5. The third-order valence-corrected chi connectivity index (χ3v) is 8.71. The summed E-state index contributed by atoms with van der Waals surface area (Å²) < 4.78 is 43.5. The number of pyridine rings is 1. The number of benzene rings is 1. The topological polar surface area (TPSA) is 53.3 Å². The van der Waals surface area contributed by atoms with E-state index in [2.05, 4.69) is 34.4 Å². The molecule has 4 aliphatic rings. The summed E-state index contributed by atoms with van der Waals surface area (Å²) in [6.07, 6.45) is 0.960. The first kappa shape index (κ1) is 23.3. The van der Waals surface area contributed by atoms with Gasteiger partial charge in [0.05, 0.1) is 18.4 Å². The Morgan fingerprint density at radius 1 is 0.973 bits per heavy atom. The van der Waals surface area contributed by atoms with Gasteiger partial charge >= 0.3 is 0 Å². The van der Waals surface area contributed by atoms with Gasteiger partial charge in [-0.1, -0.05) is 11.6 Å². The van der Waals surface area contributed by atoms with Crippen LogP contribution in [0, 0.1) is 18.2 Å². The largest absolute Gasteiger partial charge is 0.355 e. The van der Waals surface area contributed by atoms with E-state index in [4.69, 9.17) is 11.6 Å². The molecule has 0 radical (unpaired) electrons. The van der Waals surface area contributed by atoms with Gasteiger partial charge in [-0.15, -0.1) is 10.2 Å². The van der Waals surface area contributed by atoms with E-state index >= 15 is 0 Å². The highest BCUT2D eigenvalue weighted by Crippen LogP contribution is 2.51. The number of hydrogen-bond donors (Lipinski definition) is 0. The number of hydrogen-bond acceptors (Lipinski definition) is 6. The molecule has 7 rings (SSSR count). The molecule has 1 aliphatic carbocycles. The first-order chi connectivity index (χ1) is 17.5. The van der Waals surface area contributed by atoms with Crippen molar-refractivity contribution in [1.82, 2.24) is 24.6 Å². The Kier molecular flexibility index (Phi) is 4.78. The van der Waals surface area contributed by atoms with Crippen LogP contribution in [0.2, 0.25) is 5.02 Å². The number of aryl methyl sites for hydroxylation is 1. The number of fused-ring (bicyclic) bond motifs is 3. The molecular weight excluding hydrogens is 503 g/mol. The van der Waals surface area contributed by atoms with Crippen LogP contribution in [0.25, 0.3) is 5.69 Å². The van der Waals surface area contributed by atoms with Crippen LogP contribution < -0.4 is 9.80 Å². The molecule has 194 valence electrons. The van der Waals surface area contributed by atoms with E-state index in [0.29, 0.717) is 23.7 Å². The lowest BCUT2D eigenvalue weighted by Gasteiger charge is -2.60. The van der Waals surface area contributed by atoms with Crippen LogP contribution in [0.15, 0.2) is 30.5 Å². The molecule has 1 saturated carbocycles. The molecule has 0 atom stereocenters. The fourth-order valence-electron chi connectivity index (χ4n) is 6.59. The number of anilines is 2. The highest BCUT2D eigenvalue weighted by Gasteiger charge is 2.57. The molecule has 7 nitrogen and oxygen atoms in total. The Morgan fingerprint density at radius 3 is 2.41 bits per heavy atom. The molecule has 3 fully saturated rings. The zero-order valence-corrected chi connectivity index (χ0v) is 21.4. The van der Waals surface area contributed by atoms with E-state index in [1.165, 1.54) is 6.20 Å². The second-order valence-electron chi connectivity index (χ2n) is 11.6. The van der Waals surface area contributed by atoms with Crippen LogP contribution >= 0.6 is 11.6 Å². The van der Waals surface area contributed by atoms with Crippen LogP contribution in [0.3, 0.4) is 0 Å². The summed E-state index contributed by atoms with van der Waals surface area (Å²) in [6, 6.07) is 7.53. The van der Waals surface area contributed by atoms with Crippen molar-refractivity contribution in [2.75, 3.05) is 36.0 Å². The molecule has 37 heavy (non-hydrogen) atoms. The van der Waals surface area contributed by atoms with Gasteiger partial charge in [-0.3, -0.25) is 9.47 Å². The molecular formula is C26H27ClF3N7. The molecule has 5 heterocycles. The third-order valence-electron chi connectivity index (χ3n) is 8.48. The summed E-state index contributed by atoms with van der Waals surface area (Å²) in [5, 5.41) is 9.70. The third kappa shape index (κ3) is 3.63. The summed E-state index contributed by atoms with van der Waals surface area (Å²) in [5.41, 5.74) is 2.05. The summed E-state index contributed by atoms with van der Waals surface area (Å²) in [4.78, 5) is 10.7. The van der Waals surface area contributed by atoms with Gasteiger partial charge in [-0.25, -0.2) is 18.2 Å². The van der Waals surface area contributed by atoms with Gasteiger partial charge in [-0.2, -0.15) is 0 Å². The van der Waals surface area contributed by atoms with Gasteiger partial charge in [0.1, 0.15) is 11.6 Å². The van der Waals surface area contributed by atoms with Gasteiger partial charge in [0, 0.05) is 61.5 Å². The first-order valence-electron chi connectivity index (χ1n) is 12.5. The second kappa shape index (κ2) is 7.60. The van der Waals surface area contributed by atoms with Crippen molar-refractivity contribution in [2.45, 2.75) is 51.2 Å². The molecule has 2 saturated heterocycles. The molecule has 1 aromatic carbocycles. The van der Waals surface area contributed by atoms with Crippen LogP contribution in [0.1, 0.15) is 36.7 Å². The predicted molar refractivity (Wildman–Crippen MR) is 134 cm³/mol. The van der Waals surface area contributed by atoms with E-state index in [9.17, 15) is 13.2 Å². The highest BCUT2D eigenvalue weighted by molar-refractivity contribution is 6.30. The Morgan fingerprint density at radius 2 is 1.70 bits per heavy atom. The Hall–Kier alpha value is -2.85. The number of halogens is 4.